The molecule has 0 amide bonds. The number of rotatable bonds is 4. The molecule has 4 aliphatic rings. The number of carbonyl (C=O) groups excluding carboxylic acids is 1. The molecule has 2 N–H and O–H groups in total. The van der Waals surface area contributed by atoms with E-state index in [1.54, 1.807) is 0 Å². The number of esters is 1. The van der Waals surface area contributed by atoms with Gasteiger partial charge in [-0.05, 0) is 68.6 Å². The van der Waals surface area contributed by atoms with E-state index in [-0.39, 0.29) is 11.9 Å². The van der Waals surface area contributed by atoms with Gasteiger partial charge in [0.1, 0.15) is 0 Å². The maximum Gasteiger partial charge on any atom is 0.310 e. The first-order chi connectivity index (χ1) is 8.72. The highest BCUT2D eigenvalue weighted by atomic mass is 16.5. The van der Waals surface area contributed by atoms with Gasteiger partial charge in [0.2, 0.25) is 0 Å². The van der Waals surface area contributed by atoms with Crippen LogP contribution < -0.4 is 5.73 Å². The van der Waals surface area contributed by atoms with Gasteiger partial charge < -0.3 is 10.5 Å². The van der Waals surface area contributed by atoms with Crippen molar-refractivity contribution in [1.29, 1.82) is 0 Å². The molecule has 1 atom stereocenters. The highest BCUT2D eigenvalue weighted by Crippen LogP contribution is 2.58. The fraction of sp³-hybridized carbons (Fsp3) is 0.933. The van der Waals surface area contributed by atoms with Crippen molar-refractivity contribution in [3.63, 3.8) is 0 Å². The molecule has 3 heteroatoms. The van der Waals surface area contributed by atoms with Gasteiger partial charge in [-0.25, -0.2) is 0 Å². The Kier molecular flexibility index (Phi) is 3.35. The molecule has 0 unspecified atom stereocenters. The van der Waals surface area contributed by atoms with Crippen molar-refractivity contribution < 1.29 is 9.53 Å². The van der Waals surface area contributed by atoms with Crippen molar-refractivity contribution >= 4 is 5.97 Å². The van der Waals surface area contributed by atoms with E-state index in [2.05, 4.69) is 0 Å². The van der Waals surface area contributed by atoms with E-state index in [0.717, 1.165) is 23.7 Å². The smallest absolute Gasteiger partial charge is 0.310 e. The summed E-state index contributed by atoms with van der Waals surface area (Å²) in [5, 5.41) is 0. The monoisotopic (exact) mass is 251 g/mol. The first-order valence-electron chi connectivity index (χ1n) is 7.59. The molecule has 0 aromatic heterocycles. The second-order valence-corrected chi connectivity index (χ2v) is 6.60. The Hall–Kier alpha value is -0.570. The Morgan fingerprint density at radius 3 is 2.17 bits per heavy atom. The van der Waals surface area contributed by atoms with Crippen LogP contribution in [0.2, 0.25) is 0 Å². The molecular weight excluding hydrogens is 226 g/mol. The van der Waals surface area contributed by atoms with E-state index < -0.39 is 0 Å². The van der Waals surface area contributed by atoms with Crippen LogP contribution in [0.4, 0.5) is 0 Å². The fourth-order valence-electron chi connectivity index (χ4n) is 5.28. The van der Waals surface area contributed by atoms with Crippen molar-refractivity contribution in [3.05, 3.63) is 0 Å². The molecule has 4 saturated carbocycles. The van der Waals surface area contributed by atoms with Crippen molar-refractivity contribution in [2.24, 2.45) is 41.2 Å². The highest BCUT2D eigenvalue weighted by Gasteiger charge is 2.51. The fourth-order valence-corrected chi connectivity index (χ4v) is 5.28. The van der Waals surface area contributed by atoms with Crippen molar-refractivity contribution in [3.8, 4) is 0 Å². The average molecular weight is 251 g/mol. The van der Waals surface area contributed by atoms with Crippen LogP contribution in [0.25, 0.3) is 0 Å². The molecule has 0 spiro atoms. The van der Waals surface area contributed by atoms with Crippen LogP contribution in [0.5, 0.6) is 0 Å². The minimum atomic E-state index is -0.0440. The number of carbonyl (C=O) groups is 1. The number of hydrogen-bond acceptors (Lipinski definition) is 3. The molecule has 0 saturated heterocycles. The predicted octanol–water partition coefficient (Wildman–Crippen LogP) is 2.20. The summed E-state index contributed by atoms with van der Waals surface area (Å²) in [5.41, 5.74) is 5.88. The molecule has 0 aliphatic heterocycles. The third-order valence-corrected chi connectivity index (χ3v) is 5.61. The number of nitrogens with two attached hydrogens (primary N) is 1. The quantitative estimate of drug-likeness (QED) is 0.779. The van der Waals surface area contributed by atoms with E-state index >= 15 is 0 Å². The molecule has 4 aliphatic carbocycles. The Bertz CT molecular complexity index is 300. The van der Waals surface area contributed by atoms with Crippen LogP contribution >= 0.6 is 0 Å². The van der Waals surface area contributed by atoms with E-state index in [1.807, 2.05) is 6.92 Å². The minimum absolute atomic E-state index is 0.0417. The summed E-state index contributed by atoms with van der Waals surface area (Å²) < 4.78 is 5.23. The Morgan fingerprint density at radius 2 is 1.72 bits per heavy atom. The summed E-state index contributed by atoms with van der Waals surface area (Å²) in [6, 6.07) is 0. The third-order valence-electron chi connectivity index (χ3n) is 5.61. The van der Waals surface area contributed by atoms with Crippen LogP contribution in [-0.4, -0.2) is 19.1 Å². The topological polar surface area (TPSA) is 52.3 Å². The molecule has 4 rings (SSSR count). The van der Waals surface area contributed by atoms with Gasteiger partial charge in [0.15, 0.2) is 0 Å². The molecular formula is C15H25NO2. The van der Waals surface area contributed by atoms with E-state index in [1.165, 1.54) is 32.1 Å². The van der Waals surface area contributed by atoms with Gasteiger partial charge in [-0.2, -0.15) is 0 Å². The Morgan fingerprint density at radius 1 is 1.17 bits per heavy atom. The van der Waals surface area contributed by atoms with Crippen LogP contribution in [-0.2, 0) is 9.53 Å². The molecule has 4 bridgehead atoms. The molecule has 102 valence electrons. The SMILES string of the molecule is CCOC(=O)[C@@H](CN)C1C2CC3CC(C2)CC1C3. The third kappa shape index (κ3) is 1.97. The summed E-state index contributed by atoms with van der Waals surface area (Å²) in [7, 11) is 0. The molecule has 0 radical (unpaired) electrons. The van der Waals surface area contributed by atoms with Gasteiger partial charge in [0, 0.05) is 6.54 Å². The van der Waals surface area contributed by atoms with E-state index in [0.29, 0.717) is 19.1 Å². The molecule has 0 heterocycles. The summed E-state index contributed by atoms with van der Waals surface area (Å²) in [5.74, 6) is 3.83. The lowest BCUT2D eigenvalue weighted by atomic mass is 9.49. The predicted molar refractivity (Wildman–Crippen MR) is 69.7 cm³/mol. The van der Waals surface area contributed by atoms with Gasteiger partial charge in [-0.1, -0.05) is 0 Å². The second kappa shape index (κ2) is 4.84. The molecule has 4 fully saturated rings. The molecule has 18 heavy (non-hydrogen) atoms. The summed E-state index contributed by atoms with van der Waals surface area (Å²) in [6.45, 7) is 2.82. The molecule has 0 aromatic carbocycles. The zero-order valence-electron chi connectivity index (χ0n) is 11.3. The van der Waals surface area contributed by atoms with E-state index in [9.17, 15) is 4.79 Å². The zero-order chi connectivity index (χ0) is 12.7. The van der Waals surface area contributed by atoms with Gasteiger partial charge >= 0.3 is 5.97 Å². The van der Waals surface area contributed by atoms with Gasteiger partial charge in [0.05, 0.1) is 12.5 Å². The van der Waals surface area contributed by atoms with Gasteiger partial charge in [-0.15, -0.1) is 0 Å². The lowest BCUT2D eigenvalue weighted by Crippen LogP contribution is -2.51. The Balaban J connectivity index is 1.76. The molecule has 3 nitrogen and oxygen atoms in total. The van der Waals surface area contributed by atoms with Crippen LogP contribution in [0.3, 0.4) is 0 Å². The minimum Gasteiger partial charge on any atom is -0.466 e. The summed E-state index contributed by atoms with van der Waals surface area (Å²) in [4.78, 5) is 12.1. The first-order valence-corrected chi connectivity index (χ1v) is 7.59. The average Bonchev–Trinajstić information content (AvgIpc) is 2.33. The number of hydrogen-bond donors (Lipinski definition) is 1. The maximum absolute atomic E-state index is 12.1. The molecule has 0 aromatic rings. The van der Waals surface area contributed by atoms with Crippen LogP contribution in [0.15, 0.2) is 0 Å². The lowest BCUT2D eigenvalue weighted by molar-refractivity contribution is -0.156. The maximum atomic E-state index is 12.1. The largest absolute Gasteiger partial charge is 0.466 e. The lowest BCUT2D eigenvalue weighted by Gasteiger charge is -2.55. The zero-order valence-corrected chi connectivity index (χ0v) is 11.3. The normalized spacial score (nSPS) is 42.9. The summed E-state index contributed by atoms with van der Waals surface area (Å²) in [6.07, 6.45) is 6.81. The standard InChI is InChI=1S/C15H25NO2/c1-2-18-15(17)13(8-16)14-11-4-9-3-10(6-11)7-12(14)5-9/h9-14H,2-8,16H2,1H3/t9?,10?,11?,12?,13-,14?/m0/s1. The number of ether oxygens (including phenoxy) is 1. The van der Waals surface area contributed by atoms with Crippen LogP contribution in [0, 0.1) is 35.5 Å². The van der Waals surface area contributed by atoms with Crippen molar-refractivity contribution in [2.75, 3.05) is 13.2 Å². The van der Waals surface area contributed by atoms with Gasteiger partial charge in [-0.3, -0.25) is 4.79 Å². The van der Waals surface area contributed by atoms with E-state index in [4.69, 9.17) is 10.5 Å². The van der Waals surface area contributed by atoms with Crippen LogP contribution in [0.1, 0.15) is 39.0 Å². The Labute approximate surface area is 109 Å². The van der Waals surface area contributed by atoms with Crippen molar-refractivity contribution in [1.82, 2.24) is 0 Å². The summed E-state index contributed by atoms with van der Waals surface area (Å²) >= 11 is 0. The van der Waals surface area contributed by atoms with Crippen molar-refractivity contribution in [2.45, 2.75) is 39.0 Å². The highest BCUT2D eigenvalue weighted by molar-refractivity contribution is 5.73. The first kappa shape index (κ1) is 12.5. The second-order valence-electron chi connectivity index (χ2n) is 6.60. The van der Waals surface area contributed by atoms with Gasteiger partial charge in [0.25, 0.3) is 0 Å².